The van der Waals surface area contributed by atoms with Crippen LogP contribution in [0, 0.1) is 5.92 Å². The van der Waals surface area contributed by atoms with Crippen LogP contribution in [0.3, 0.4) is 0 Å². The first-order valence-electron chi connectivity index (χ1n) is 12.1. The monoisotopic (exact) mass is 574 g/mol. The zero-order chi connectivity index (χ0) is 27.2. The molecule has 38 heavy (non-hydrogen) atoms. The van der Waals surface area contributed by atoms with E-state index in [4.69, 9.17) is 27.9 Å². The van der Waals surface area contributed by atoms with Gasteiger partial charge in [0.25, 0.3) is 0 Å². The molecule has 11 heteroatoms. The molecule has 1 aliphatic heterocycles. The lowest BCUT2D eigenvalue weighted by Gasteiger charge is -2.31. The molecule has 1 fully saturated rings. The van der Waals surface area contributed by atoms with Gasteiger partial charge in [-0.3, -0.25) is 9.59 Å². The van der Waals surface area contributed by atoms with Gasteiger partial charge >= 0.3 is 5.97 Å². The van der Waals surface area contributed by atoms with Crippen molar-refractivity contribution in [1.82, 2.24) is 20.2 Å². The summed E-state index contributed by atoms with van der Waals surface area (Å²) in [5.41, 5.74) is 2.30. The summed E-state index contributed by atoms with van der Waals surface area (Å²) in [6, 6.07) is 10.4. The number of halogens is 2. The molecule has 0 bridgehead atoms. The molecule has 0 unspecified atom stereocenters. The number of amides is 2. The third-order valence-electron chi connectivity index (χ3n) is 6.52. The number of para-hydroxylation sites is 2. The van der Waals surface area contributed by atoms with Crippen molar-refractivity contribution in [3.8, 4) is 0 Å². The minimum Gasteiger partial charge on any atom is -0.467 e. The van der Waals surface area contributed by atoms with Crippen molar-refractivity contribution < 1.29 is 19.1 Å². The Labute approximate surface area is 235 Å². The summed E-state index contributed by atoms with van der Waals surface area (Å²) < 4.78 is 4.91. The number of benzene rings is 2. The SMILES string of the molecule is COC(=O)[C@H](Cc1nc2ccccc2[nH]1)NC(=O)C1CCN(C(=O)/C=C/c2ccc(SC)c(Cl)c2Cl)CC1. The van der Waals surface area contributed by atoms with Crippen LogP contribution in [0.25, 0.3) is 17.1 Å². The summed E-state index contributed by atoms with van der Waals surface area (Å²) in [5.74, 6) is -0.686. The molecule has 8 nitrogen and oxygen atoms in total. The fraction of sp³-hybridized carbons (Fsp3) is 0.333. The number of methoxy groups -OCH3 is 1. The Kier molecular flexibility index (Phi) is 9.35. The largest absolute Gasteiger partial charge is 0.467 e. The number of H-pyrrole nitrogens is 1. The van der Waals surface area contributed by atoms with Crippen molar-refractivity contribution in [2.24, 2.45) is 5.92 Å². The molecule has 4 rings (SSSR count). The van der Waals surface area contributed by atoms with Crippen molar-refractivity contribution >= 4 is 69.9 Å². The van der Waals surface area contributed by atoms with E-state index in [-0.39, 0.29) is 24.2 Å². The smallest absolute Gasteiger partial charge is 0.328 e. The fourth-order valence-electron chi connectivity index (χ4n) is 4.38. The van der Waals surface area contributed by atoms with Gasteiger partial charge in [0.2, 0.25) is 11.8 Å². The number of thioether (sulfide) groups is 1. The maximum atomic E-state index is 13.0. The van der Waals surface area contributed by atoms with Gasteiger partial charge in [-0.25, -0.2) is 9.78 Å². The van der Waals surface area contributed by atoms with Crippen LogP contribution in [0.15, 0.2) is 47.4 Å². The Morgan fingerprint density at radius 2 is 1.92 bits per heavy atom. The maximum absolute atomic E-state index is 13.0. The van der Waals surface area contributed by atoms with Crippen LogP contribution < -0.4 is 5.32 Å². The lowest BCUT2D eigenvalue weighted by Crippen LogP contribution is -2.48. The zero-order valence-corrected chi connectivity index (χ0v) is 23.3. The quantitative estimate of drug-likeness (QED) is 0.229. The highest BCUT2D eigenvalue weighted by molar-refractivity contribution is 7.98. The number of nitrogens with one attached hydrogen (secondary N) is 2. The van der Waals surface area contributed by atoms with E-state index in [1.807, 2.05) is 42.7 Å². The van der Waals surface area contributed by atoms with Gasteiger partial charge in [-0.15, -0.1) is 11.8 Å². The Morgan fingerprint density at radius 3 is 2.61 bits per heavy atom. The molecule has 1 aromatic heterocycles. The second-order valence-electron chi connectivity index (χ2n) is 8.91. The number of rotatable bonds is 8. The van der Waals surface area contributed by atoms with Crippen LogP contribution in [0.4, 0.5) is 0 Å². The Morgan fingerprint density at radius 1 is 1.18 bits per heavy atom. The van der Waals surface area contributed by atoms with Crippen molar-refractivity contribution in [2.75, 3.05) is 26.5 Å². The van der Waals surface area contributed by atoms with E-state index in [1.54, 1.807) is 11.0 Å². The van der Waals surface area contributed by atoms with E-state index < -0.39 is 12.0 Å². The van der Waals surface area contributed by atoms with Crippen LogP contribution >= 0.6 is 35.0 Å². The fourth-order valence-corrected chi connectivity index (χ4v) is 5.56. The number of ether oxygens (including phenoxy) is 1. The molecule has 2 aromatic carbocycles. The predicted molar refractivity (Wildman–Crippen MR) is 150 cm³/mol. The highest BCUT2D eigenvalue weighted by Gasteiger charge is 2.30. The second-order valence-corrected chi connectivity index (χ2v) is 10.5. The molecular weight excluding hydrogens is 547 g/mol. The third kappa shape index (κ3) is 6.51. The number of aromatic amines is 1. The highest BCUT2D eigenvalue weighted by Crippen LogP contribution is 2.35. The summed E-state index contributed by atoms with van der Waals surface area (Å²) in [4.78, 5) is 48.4. The molecular formula is C27H28Cl2N4O4S. The molecule has 1 saturated heterocycles. The van der Waals surface area contributed by atoms with Crippen molar-refractivity contribution in [3.63, 3.8) is 0 Å². The lowest BCUT2D eigenvalue weighted by molar-refractivity contribution is -0.145. The first-order valence-corrected chi connectivity index (χ1v) is 14.1. The minimum absolute atomic E-state index is 0.165. The normalized spacial score (nSPS) is 15.1. The summed E-state index contributed by atoms with van der Waals surface area (Å²) in [7, 11) is 1.29. The van der Waals surface area contributed by atoms with E-state index in [1.165, 1.54) is 24.9 Å². The van der Waals surface area contributed by atoms with Crippen molar-refractivity contribution in [3.05, 3.63) is 63.9 Å². The highest BCUT2D eigenvalue weighted by atomic mass is 35.5. The zero-order valence-electron chi connectivity index (χ0n) is 21.0. The molecule has 2 amide bonds. The van der Waals surface area contributed by atoms with Crippen LogP contribution in [-0.2, 0) is 25.5 Å². The van der Waals surface area contributed by atoms with Gasteiger partial charge in [0.05, 0.1) is 28.2 Å². The summed E-state index contributed by atoms with van der Waals surface area (Å²) in [5, 5.41) is 3.69. The van der Waals surface area contributed by atoms with Crippen LogP contribution in [0.5, 0.6) is 0 Å². The number of esters is 1. The Balaban J connectivity index is 1.33. The number of nitrogens with zero attached hydrogens (tertiary/aromatic N) is 2. The van der Waals surface area contributed by atoms with E-state index >= 15 is 0 Å². The molecule has 0 radical (unpaired) electrons. The van der Waals surface area contributed by atoms with E-state index in [0.717, 1.165) is 15.9 Å². The lowest BCUT2D eigenvalue weighted by atomic mass is 9.95. The van der Waals surface area contributed by atoms with Gasteiger partial charge in [0.15, 0.2) is 0 Å². The molecule has 0 spiro atoms. The molecule has 3 aromatic rings. The maximum Gasteiger partial charge on any atom is 0.328 e. The van der Waals surface area contributed by atoms with Crippen molar-refractivity contribution in [1.29, 1.82) is 0 Å². The van der Waals surface area contributed by atoms with Gasteiger partial charge in [-0.05, 0) is 48.9 Å². The standard InChI is InChI=1S/C27H28Cl2N4O4S/c1-37-27(36)20(15-22-30-18-5-3-4-6-19(18)31-22)32-26(35)17-11-13-33(14-12-17)23(34)10-8-16-7-9-21(38-2)25(29)24(16)28/h3-10,17,20H,11-15H2,1-2H3,(H,30,31)(H,32,35)/b10-8+/t20-/m0/s1. The van der Waals surface area contributed by atoms with Gasteiger partial charge in [-0.2, -0.15) is 0 Å². The Bertz CT molecular complexity index is 1340. The molecule has 200 valence electrons. The average molecular weight is 576 g/mol. The number of hydrogen-bond donors (Lipinski definition) is 2. The van der Waals surface area contributed by atoms with Crippen molar-refractivity contribution in [2.45, 2.75) is 30.2 Å². The first-order chi connectivity index (χ1) is 18.3. The molecule has 2 N–H and O–H groups in total. The number of fused-ring (bicyclic) bond motifs is 1. The Hall–Kier alpha value is -3.01. The van der Waals surface area contributed by atoms with Crippen LogP contribution in [-0.4, -0.2) is 65.1 Å². The van der Waals surface area contributed by atoms with E-state index in [0.29, 0.717) is 47.4 Å². The summed E-state index contributed by atoms with van der Waals surface area (Å²) in [6.07, 6.45) is 6.18. The number of imidazole rings is 1. The summed E-state index contributed by atoms with van der Waals surface area (Å²) in [6.45, 7) is 0.848. The number of hydrogen-bond acceptors (Lipinski definition) is 6. The molecule has 1 atom stereocenters. The number of carbonyl (C=O) groups is 3. The topological polar surface area (TPSA) is 104 Å². The second kappa shape index (κ2) is 12.7. The van der Waals surface area contributed by atoms with Gasteiger partial charge in [0, 0.05) is 36.4 Å². The molecule has 1 aliphatic rings. The van der Waals surface area contributed by atoms with Gasteiger partial charge in [0.1, 0.15) is 11.9 Å². The molecule has 0 aliphatic carbocycles. The van der Waals surface area contributed by atoms with Crippen LogP contribution in [0.2, 0.25) is 10.0 Å². The van der Waals surface area contributed by atoms with E-state index in [2.05, 4.69) is 15.3 Å². The predicted octanol–water partition coefficient (Wildman–Crippen LogP) is 4.74. The minimum atomic E-state index is -0.871. The van der Waals surface area contributed by atoms with Gasteiger partial charge in [-0.1, -0.05) is 41.4 Å². The van der Waals surface area contributed by atoms with Crippen LogP contribution in [0.1, 0.15) is 24.2 Å². The van der Waals surface area contributed by atoms with Gasteiger partial charge < -0.3 is 19.9 Å². The van der Waals surface area contributed by atoms with E-state index in [9.17, 15) is 14.4 Å². The number of carbonyl (C=O) groups excluding carboxylic acids is 3. The number of likely N-dealkylation sites (tertiary alicyclic amines) is 1. The third-order valence-corrected chi connectivity index (χ3v) is 8.31. The number of piperidine rings is 1. The first kappa shape index (κ1) is 28.0. The molecule has 0 saturated carbocycles. The number of aromatic nitrogens is 2. The summed E-state index contributed by atoms with van der Waals surface area (Å²) >= 11 is 14.1. The average Bonchev–Trinajstić information content (AvgIpc) is 3.35. The molecule has 2 heterocycles.